The second-order valence-electron chi connectivity index (χ2n) is 7.18. The molecule has 0 N–H and O–H groups in total. The summed E-state index contributed by atoms with van der Waals surface area (Å²) in [5.74, 6) is -0.410. The van der Waals surface area contributed by atoms with Crippen LogP contribution in [-0.4, -0.2) is 36.3 Å². The highest BCUT2D eigenvalue weighted by atomic mass is 35.5. The number of halogens is 1. The van der Waals surface area contributed by atoms with E-state index in [4.69, 9.17) is 11.6 Å². The number of benzene rings is 2. The van der Waals surface area contributed by atoms with Crippen LogP contribution in [-0.2, 0) is 16.6 Å². The molecule has 6 nitrogen and oxygen atoms in total. The number of aromatic nitrogens is 1. The van der Waals surface area contributed by atoms with Crippen molar-refractivity contribution in [2.45, 2.75) is 37.6 Å². The molecule has 0 atom stereocenters. The molecular formula is C21H22ClN3O3S2. The topological polar surface area (TPSA) is 71.7 Å². The van der Waals surface area contributed by atoms with Gasteiger partial charge in [0.2, 0.25) is 10.0 Å². The van der Waals surface area contributed by atoms with E-state index in [2.05, 4.69) is 11.9 Å². The number of nitrogens with zero attached hydrogens (tertiary/aromatic N) is 3. The van der Waals surface area contributed by atoms with Gasteiger partial charge in [-0.15, -0.1) is 0 Å². The van der Waals surface area contributed by atoms with Crippen molar-refractivity contribution in [3.63, 3.8) is 0 Å². The Morgan fingerprint density at radius 1 is 1.13 bits per heavy atom. The summed E-state index contributed by atoms with van der Waals surface area (Å²) in [6, 6.07) is 11.7. The number of amides is 1. The van der Waals surface area contributed by atoms with E-state index >= 15 is 0 Å². The number of rotatable bonds is 5. The van der Waals surface area contributed by atoms with Gasteiger partial charge in [-0.05, 0) is 55.7 Å². The van der Waals surface area contributed by atoms with Crippen LogP contribution in [0.2, 0.25) is 5.02 Å². The number of para-hydroxylation sites is 1. The summed E-state index contributed by atoms with van der Waals surface area (Å²) in [6.45, 7) is 3.84. The molecular weight excluding hydrogens is 442 g/mol. The molecule has 2 aromatic carbocycles. The fraction of sp³-hybridized carbons (Fsp3) is 0.333. The molecule has 158 valence electrons. The van der Waals surface area contributed by atoms with Crippen molar-refractivity contribution in [1.82, 2.24) is 8.87 Å². The second-order valence-corrected chi connectivity index (χ2v) is 10.5. The normalized spacial score (nSPS) is 15.9. The number of hydrogen-bond acceptors (Lipinski definition) is 4. The van der Waals surface area contributed by atoms with E-state index < -0.39 is 15.9 Å². The minimum atomic E-state index is -3.50. The first-order chi connectivity index (χ1) is 14.4. The Morgan fingerprint density at radius 2 is 1.83 bits per heavy atom. The average molecular weight is 464 g/mol. The van der Waals surface area contributed by atoms with Crippen LogP contribution in [0.15, 0.2) is 52.4 Å². The van der Waals surface area contributed by atoms with Gasteiger partial charge in [0.1, 0.15) is 0 Å². The highest BCUT2D eigenvalue weighted by molar-refractivity contribution is 7.89. The number of carbonyl (C=O) groups is 1. The van der Waals surface area contributed by atoms with E-state index in [1.54, 1.807) is 0 Å². The Labute approximate surface area is 184 Å². The smallest absolute Gasteiger partial charge is 0.279 e. The summed E-state index contributed by atoms with van der Waals surface area (Å²) >= 11 is 7.79. The van der Waals surface area contributed by atoms with Crippen LogP contribution >= 0.6 is 22.9 Å². The predicted molar refractivity (Wildman–Crippen MR) is 119 cm³/mol. The lowest BCUT2D eigenvalue weighted by Crippen LogP contribution is -2.27. The van der Waals surface area contributed by atoms with Gasteiger partial charge in [0, 0.05) is 25.2 Å². The average Bonchev–Trinajstić information content (AvgIpc) is 3.38. The molecule has 4 rings (SSSR count). The maximum Gasteiger partial charge on any atom is 0.279 e. The molecule has 3 aromatic rings. The van der Waals surface area contributed by atoms with E-state index in [9.17, 15) is 13.2 Å². The molecule has 1 saturated heterocycles. The summed E-state index contributed by atoms with van der Waals surface area (Å²) in [4.78, 5) is 17.9. The van der Waals surface area contributed by atoms with Crippen molar-refractivity contribution in [2.24, 2.45) is 4.99 Å². The lowest BCUT2D eigenvalue weighted by Gasteiger charge is -2.15. The minimum absolute atomic E-state index is 0.204. The fourth-order valence-corrected chi connectivity index (χ4v) is 6.53. The Kier molecular flexibility index (Phi) is 6.11. The first-order valence-electron chi connectivity index (χ1n) is 9.89. The van der Waals surface area contributed by atoms with Gasteiger partial charge in [-0.3, -0.25) is 4.79 Å². The largest absolute Gasteiger partial charge is 0.315 e. The third-order valence-electron chi connectivity index (χ3n) is 5.10. The second kappa shape index (κ2) is 8.63. The quantitative estimate of drug-likeness (QED) is 0.566. The molecule has 0 bridgehead atoms. The standard InChI is InChI=1S/C21H22ClN3O3S2/c1-2-12-25-19-17(22)6-5-7-18(19)29-21(25)23-20(26)15-8-10-16(11-9-15)30(27,28)24-13-3-4-14-24/h5-11H,2-4,12-14H2,1H3. The zero-order chi connectivity index (χ0) is 21.3. The van der Waals surface area contributed by atoms with Crippen LogP contribution in [0.25, 0.3) is 10.2 Å². The van der Waals surface area contributed by atoms with Crippen molar-refractivity contribution < 1.29 is 13.2 Å². The fourth-order valence-electron chi connectivity index (χ4n) is 3.60. The summed E-state index contributed by atoms with van der Waals surface area (Å²) in [7, 11) is -3.50. The van der Waals surface area contributed by atoms with Crippen LogP contribution in [0.4, 0.5) is 0 Å². The molecule has 0 aliphatic carbocycles. The first kappa shape index (κ1) is 21.2. The van der Waals surface area contributed by atoms with Crippen molar-refractivity contribution in [2.75, 3.05) is 13.1 Å². The summed E-state index contributed by atoms with van der Waals surface area (Å²) in [5, 5.41) is 0.627. The molecule has 1 aromatic heterocycles. The Hall–Kier alpha value is -2.00. The number of thiazole rings is 1. The molecule has 1 aliphatic heterocycles. The van der Waals surface area contributed by atoms with Crippen LogP contribution in [0, 0.1) is 0 Å². The molecule has 0 spiro atoms. The number of aryl methyl sites for hydroxylation is 1. The van der Waals surface area contributed by atoms with Crippen LogP contribution in [0.3, 0.4) is 0 Å². The molecule has 1 amide bonds. The van der Waals surface area contributed by atoms with E-state index in [0.29, 0.717) is 35.0 Å². The maximum absolute atomic E-state index is 12.8. The molecule has 0 saturated carbocycles. The molecule has 0 unspecified atom stereocenters. The van der Waals surface area contributed by atoms with Crippen molar-refractivity contribution in [3.8, 4) is 0 Å². The SMILES string of the molecule is CCCn1c(=NC(=O)c2ccc(S(=O)(=O)N3CCCC3)cc2)sc2cccc(Cl)c21. The van der Waals surface area contributed by atoms with Gasteiger partial charge in [0.25, 0.3) is 5.91 Å². The van der Waals surface area contributed by atoms with Gasteiger partial charge in [0.05, 0.1) is 20.1 Å². The van der Waals surface area contributed by atoms with Gasteiger partial charge >= 0.3 is 0 Å². The molecule has 1 aliphatic rings. The van der Waals surface area contributed by atoms with E-state index in [-0.39, 0.29) is 4.90 Å². The highest BCUT2D eigenvalue weighted by Crippen LogP contribution is 2.26. The lowest BCUT2D eigenvalue weighted by atomic mass is 10.2. The third kappa shape index (κ3) is 3.97. The molecule has 9 heteroatoms. The van der Waals surface area contributed by atoms with Crippen LogP contribution in [0.5, 0.6) is 0 Å². The van der Waals surface area contributed by atoms with Gasteiger partial charge < -0.3 is 4.57 Å². The van der Waals surface area contributed by atoms with E-state index in [0.717, 1.165) is 29.5 Å². The molecule has 1 fully saturated rings. The maximum atomic E-state index is 12.8. The Morgan fingerprint density at radius 3 is 2.50 bits per heavy atom. The zero-order valence-corrected chi connectivity index (χ0v) is 18.9. The summed E-state index contributed by atoms with van der Waals surface area (Å²) < 4.78 is 29.7. The first-order valence-corrected chi connectivity index (χ1v) is 12.5. The predicted octanol–water partition coefficient (Wildman–Crippen LogP) is 4.29. The summed E-state index contributed by atoms with van der Waals surface area (Å²) in [6.07, 6.45) is 2.64. The number of sulfonamides is 1. The lowest BCUT2D eigenvalue weighted by molar-refractivity contribution is 0.0997. The van der Waals surface area contributed by atoms with Gasteiger partial charge in [-0.1, -0.05) is 35.9 Å². The van der Waals surface area contributed by atoms with Crippen LogP contribution in [0.1, 0.15) is 36.5 Å². The van der Waals surface area contributed by atoms with E-state index in [1.165, 1.54) is 39.9 Å². The van der Waals surface area contributed by atoms with Gasteiger partial charge in [-0.2, -0.15) is 9.30 Å². The number of fused-ring (bicyclic) bond motifs is 1. The number of carbonyl (C=O) groups excluding carboxylic acids is 1. The van der Waals surface area contributed by atoms with Crippen LogP contribution < -0.4 is 4.80 Å². The Bertz CT molecular complexity index is 1250. The zero-order valence-electron chi connectivity index (χ0n) is 16.5. The third-order valence-corrected chi connectivity index (χ3v) is 8.36. The monoisotopic (exact) mass is 463 g/mol. The minimum Gasteiger partial charge on any atom is -0.315 e. The number of hydrogen-bond donors (Lipinski definition) is 0. The van der Waals surface area contributed by atoms with Gasteiger partial charge in [-0.25, -0.2) is 8.42 Å². The molecule has 2 heterocycles. The van der Waals surface area contributed by atoms with Crippen molar-refractivity contribution in [1.29, 1.82) is 0 Å². The van der Waals surface area contributed by atoms with Crippen molar-refractivity contribution in [3.05, 3.63) is 57.9 Å². The molecule has 0 radical (unpaired) electrons. The van der Waals surface area contributed by atoms with Gasteiger partial charge in [0.15, 0.2) is 4.80 Å². The van der Waals surface area contributed by atoms with Crippen molar-refractivity contribution >= 4 is 49.1 Å². The highest BCUT2D eigenvalue weighted by Gasteiger charge is 2.27. The Balaban J connectivity index is 1.68. The van der Waals surface area contributed by atoms with E-state index in [1.807, 2.05) is 22.8 Å². The summed E-state index contributed by atoms with van der Waals surface area (Å²) in [5.41, 5.74) is 1.23. The molecule has 30 heavy (non-hydrogen) atoms.